The van der Waals surface area contributed by atoms with Gasteiger partial charge in [0.2, 0.25) is 0 Å². The molecule has 0 saturated carbocycles. The lowest BCUT2D eigenvalue weighted by Gasteiger charge is -2.10. The number of aryl methyl sites for hydroxylation is 1. The Morgan fingerprint density at radius 1 is 1.33 bits per heavy atom. The lowest BCUT2D eigenvalue weighted by atomic mass is 10.1. The van der Waals surface area contributed by atoms with Crippen molar-refractivity contribution < 1.29 is 9.53 Å². The lowest BCUT2D eigenvalue weighted by Crippen LogP contribution is -2.01. The van der Waals surface area contributed by atoms with Crippen molar-refractivity contribution >= 4 is 6.29 Å². The van der Waals surface area contributed by atoms with Gasteiger partial charge in [-0.1, -0.05) is 31.9 Å². The first-order chi connectivity index (χ1) is 7.29. The van der Waals surface area contributed by atoms with E-state index in [0.29, 0.717) is 12.2 Å². The zero-order chi connectivity index (χ0) is 11.1. The number of hydrogen-bond acceptors (Lipinski definition) is 2. The van der Waals surface area contributed by atoms with E-state index in [1.165, 1.54) is 12.8 Å². The molecule has 2 heteroatoms. The molecule has 0 aromatic heterocycles. The van der Waals surface area contributed by atoms with Gasteiger partial charge in [0.15, 0.2) is 6.29 Å². The van der Waals surface area contributed by atoms with Gasteiger partial charge in [0.05, 0.1) is 12.2 Å². The number of benzene rings is 1. The van der Waals surface area contributed by atoms with Crippen LogP contribution in [0.1, 0.15) is 42.1 Å². The summed E-state index contributed by atoms with van der Waals surface area (Å²) in [4.78, 5) is 10.8. The molecule has 0 aliphatic heterocycles. The lowest BCUT2D eigenvalue weighted by molar-refractivity contribution is 0.111. The highest BCUT2D eigenvalue weighted by atomic mass is 16.5. The maximum absolute atomic E-state index is 10.8. The highest BCUT2D eigenvalue weighted by Crippen LogP contribution is 2.22. The molecule has 0 aliphatic rings. The molecule has 0 aliphatic carbocycles. The Labute approximate surface area is 91.3 Å². The van der Waals surface area contributed by atoms with Crippen LogP contribution in [-0.4, -0.2) is 12.9 Å². The summed E-state index contributed by atoms with van der Waals surface area (Å²) >= 11 is 0. The van der Waals surface area contributed by atoms with Gasteiger partial charge in [-0.2, -0.15) is 0 Å². The number of carbonyl (C=O) groups excluding carboxylic acids is 1. The number of hydrogen-bond donors (Lipinski definition) is 0. The van der Waals surface area contributed by atoms with Crippen molar-refractivity contribution in [2.75, 3.05) is 6.61 Å². The Morgan fingerprint density at radius 2 is 2.13 bits per heavy atom. The van der Waals surface area contributed by atoms with E-state index in [1.54, 1.807) is 6.07 Å². The summed E-state index contributed by atoms with van der Waals surface area (Å²) in [6.45, 7) is 4.81. The molecule has 0 unspecified atom stereocenters. The Bertz CT molecular complexity index is 318. The van der Waals surface area contributed by atoms with Crippen LogP contribution in [0.3, 0.4) is 0 Å². The zero-order valence-electron chi connectivity index (χ0n) is 9.45. The monoisotopic (exact) mass is 206 g/mol. The second-order valence-corrected chi connectivity index (χ2v) is 3.67. The van der Waals surface area contributed by atoms with Crippen LogP contribution in [0, 0.1) is 6.92 Å². The number of ether oxygens (including phenoxy) is 1. The fourth-order valence-electron chi connectivity index (χ4n) is 1.49. The summed E-state index contributed by atoms with van der Waals surface area (Å²) in [7, 11) is 0. The van der Waals surface area contributed by atoms with Gasteiger partial charge in [0.25, 0.3) is 0 Å². The molecule has 15 heavy (non-hydrogen) atoms. The molecule has 0 N–H and O–H groups in total. The zero-order valence-corrected chi connectivity index (χ0v) is 9.45. The van der Waals surface area contributed by atoms with E-state index in [2.05, 4.69) is 6.92 Å². The smallest absolute Gasteiger partial charge is 0.153 e. The Balaban J connectivity index is 2.62. The second-order valence-electron chi connectivity index (χ2n) is 3.67. The summed E-state index contributed by atoms with van der Waals surface area (Å²) in [5, 5.41) is 0. The van der Waals surface area contributed by atoms with Crippen LogP contribution in [-0.2, 0) is 0 Å². The van der Waals surface area contributed by atoms with Crippen LogP contribution >= 0.6 is 0 Å². The van der Waals surface area contributed by atoms with E-state index in [4.69, 9.17) is 4.74 Å². The third-order valence-electron chi connectivity index (χ3n) is 2.36. The van der Waals surface area contributed by atoms with Gasteiger partial charge in [-0.3, -0.25) is 4.79 Å². The van der Waals surface area contributed by atoms with Crippen LogP contribution < -0.4 is 4.74 Å². The fourth-order valence-corrected chi connectivity index (χ4v) is 1.49. The molecular weight excluding hydrogens is 188 g/mol. The molecule has 82 valence electrons. The first-order valence-electron chi connectivity index (χ1n) is 5.47. The van der Waals surface area contributed by atoms with Crippen LogP contribution in [0.2, 0.25) is 0 Å². The summed E-state index contributed by atoms with van der Waals surface area (Å²) in [6, 6.07) is 5.62. The van der Waals surface area contributed by atoms with Gasteiger partial charge in [0.1, 0.15) is 5.75 Å². The summed E-state index contributed by atoms with van der Waals surface area (Å²) in [6.07, 6.45) is 4.24. The van der Waals surface area contributed by atoms with Crippen molar-refractivity contribution in [1.82, 2.24) is 0 Å². The number of carbonyl (C=O) groups is 1. The van der Waals surface area contributed by atoms with E-state index in [0.717, 1.165) is 24.0 Å². The minimum Gasteiger partial charge on any atom is -0.493 e. The average Bonchev–Trinajstić information content (AvgIpc) is 2.26. The number of para-hydroxylation sites is 1. The first kappa shape index (κ1) is 11.8. The van der Waals surface area contributed by atoms with Gasteiger partial charge in [-0.25, -0.2) is 0 Å². The third-order valence-corrected chi connectivity index (χ3v) is 2.36. The summed E-state index contributed by atoms with van der Waals surface area (Å²) in [5.41, 5.74) is 1.67. The molecule has 0 spiro atoms. The molecule has 0 bridgehead atoms. The number of aldehydes is 1. The van der Waals surface area contributed by atoms with E-state index >= 15 is 0 Å². The minimum absolute atomic E-state index is 0.645. The molecule has 0 amide bonds. The summed E-state index contributed by atoms with van der Waals surface area (Å²) < 4.78 is 5.63. The van der Waals surface area contributed by atoms with E-state index in [9.17, 15) is 4.79 Å². The van der Waals surface area contributed by atoms with Crippen molar-refractivity contribution in [3.8, 4) is 5.75 Å². The maximum Gasteiger partial charge on any atom is 0.153 e. The standard InChI is InChI=1S/C13H18O2/c1-3-4-5-9-15-13-11(2)7-6-8-12(13)10-14/h6-8,10H,3-5,9H2,1-2H3. The molecule has 0 saturated heterocycles. The quantitative estimate of drug-likeness (QED) is 0.527. The molecule has 0 radical (unpaired) electrons. The predicted octanol–water partition coefficient (Wildman–Crippen LogP) is 3.38. The van der Waals surface area contributed by atoms with Crippen molar-refractivity contribution in [2.24, 2.45) is 0 Å². The van der Waals surface area contributed by atoms with Gasteiger partial charge >= 0.3 is 0 Å². The topological polar surface area (TPSA) is 26.3 Å². The Kier molecular flexibility index (Phi) is 4.88. The highest BCUT2D eigenvalue weighted by molar-refractivity contribution is 5.80. The fraction of sp³-hybridized carbons (Fsp3) is 0.462. The summed E-state index contributed by atoms with van der Waals surface area (Å²) in [5.74, 6) is 0.739. The van der Waals surface area contributed by atoms with Gasteiger partial charge in [0, 0.05) is 0 Å². The minimum atomic E-state index is 0.645. The van der Waals surface area contributed by atoms with E-state index in [1.807, 2.05) is 19.1 Å². The van der Waals surface area contributed by atoms with E-state index in [-0.39, 0.29) is 0 Å². The third kappa shape index (κ3) is 3.39. The SMILES string of the molecule is CCCCCOc1c(C)cccc1C=O. The van der Waals surface area contributed by atoms with Crippen molar-refractivity contribution in [3.63, 3.8) is 0 Å². The molecule has 2 nitrogen and oxygen atoms in total. The maximum atomic E-state index is 10.8. The van der Waals surface area contributed by atoms with E-state index < -0.39 is 0 Å². The van der Waals surface area contributed by atoms with Crippen molar-refractivity contribution in [2.45, 2.75) is 33.1 Å². The molecular formula is C13H18O2. The van der Waals surface area contributed by atoms with Gasteiger partial charge in [-0.15, -0.1) is 0 Å². The highest BCUT2D eigenvalue weighted by Gasteiger charge is 2.05. The Hall–Kier alpha value is -1.31. The molecule has 0 fully saturated rings. The first-order valence-corrected chi connectivity index (χ1v) is 5.47. The molecule has 0 heterocycles. The van der Waals surface area contributed by atoms with Gasteiger partial charge in [-0.05, 0) is 25.0 Å². The molecule has 1 rings (SSSR count). The second kappa shape index (κ2) is 6.23. The molecule has 0 atom stereocenters. The van der Waals surface area contributed by atoms with Gasteiger partial charge < -0.3 is 4.74 Å². The molecule has 1 aromatic rings. The van der Waals surface area contributed by atoms with Crippen molar-refractivity contribution in [3.05, 3.63) is 29.3 Å². The number of unbranched alkanes of at least 4 members (excludes halogenated alkanes) is 2. The van der Waals surface area contributed by atoms with Crippen LogP contribution in [0.4, 0.5) is 0 Å². The average molecular weight is 206 g/mol. The molecule has 1 aromatic carbocycles. The Morgan fingerprint density at radius 3 is 2.80 bits per heavy atom. The van der Waals surface area contributed by atoms with Crippen LogP contribution in [0.5, 0.6) is 5.75 Å². The normalized spacial score (nSPS) is 10.0. The number of rotatable bonds is 6. The van der Waals surface area contributed by atoms with Crippen molar-refractivity contribution in [1.29, 1.82) is 0 Å². The van der Waals surface area contributed by atoms with Crippen LogP contribution in [0.15, 0.2) is 18.2 Å². The predicted molar refractivity (Wildman–Crippen MR) is 61.6 cm³/mol. The van der Waals surface area contributed by atoms with Crippen LogP contribution in [0.25, 0.3) is 0 Å². The largest absolute Gasteiger partial charge is 0.493 e.